The molecule has 2 N–H and O–H groups in total. The summed E-state index contributed by atoms with van der Waals surface area (Å²) < 4.78 is 34.5. The van der Waals surface area contributed by atoms with E-state index in [1.165, 1.54) is 19.3 Å². The number of Topliss-reactive ketones (excluding diaryl/α,β-unsaturated/α-hetero) is 1. The molecule has 4 aliphatic carbocycles. The number of allylic oxidation sites excluding steroid dienone is 4. The van der Waals surface area contributed by atoms with Gasteiger partial charge >= 0.3 is 5.97 Å². The zero-order valence-corrected chi connectivity index (χ0v) is 20.5. The molecule has 0 aromatic rings. The molecule has 0 radical (unpaired) electrons. The fraction of sp³-hybridized carbons (Fsp3) is 0.731. The van der Waals surface area contributed by atoms with Gasteiger partial charge in [-0.25, -0.2) is 4.39 Å². The standard InChI is InChI=1S/C26H33FO8/c1-13(21(32)33-4)22-34-20-10-17-16-6-5-14-9-15(29)7-8-23(14,2)25(16,27)18(30)11-24(17,3)26(20,35-22)19(31)12-28/h7-9,13,16-18,20,22,28,30H,5-6,10-12H2,1-4H3/t13?,16-,17-,18-,20?,22?,23-,24-,25-,26+/m0/s1. The molecule has 0 aromatic carbocycles. The van der Waals surface area contributed by atoms with E-state index in [-0.39, 0.29) is 18.6 Å². The predicted molar refractivity (Wildman–Crippen MR) is 119 cm³/mol. The largest absolute Gasteiger partial charge is 0.469 e. The Morgan fingerprint density at radius 3 is 2.69 bits per heavy atom. The molecule has 5 aliphatic rings. The molecule has 0 spiro atoms. The van der Waals surface area contributed by atoms with Crippen LogP contribution in [0.3, 0.4) is 0 Å². The molecule has 1 heterocycles. The Hall–Kier alpha value is -1.94. The summed E-state index contributed by atoms with van der Waals surface area (Å²) >= 11 is 0. The first-order chi connectivity index (χ1) is 16.4. The third-order valence-corrected chi connectivity index (χ3v) is 9.94. The number of fused-ring (bicyclic) bond motifs is 7. The molecule has 3 unspecified atom stereocenters. The van der Waals surface area contributed by atoms with Crippen molar-refractivity contribution < 1.29 is 43.2 Å². The number of halogens is 1. The molecule has 35 heavy (non-hydrogen) atoms. The number of aliphatic hydroxyl groups is 2. The van der Waals surface area contributed by atoms with Gasteiger partial charge in [-0.3, -0.25) is 14.4 Å². The van der Waals surface area contributed by atoms with Crippen LogP contribution in [-0.2, 0) is 28.6 Å². The Kier molecular flexibility index (Phi) is 5.50. The van der Waals surface area contributed by atoms with Gasteiger partial charge < -0.3 is 24.4 Å². The number of hydrogen-bond acceptors (Lipinski definition) is 8. The Bertz CT molecular complexity index is 1040. The average Bonchev–Trinajstić information content (AvgIpc) is 3.32. The number of ether oxygens (including phenoxy) is 3. The molecule has 10 atom stereocenters. The van der Waals surface area contributed by atoms with Crippen LogP contribution >= 0.6 is 0 Å². The Morgan fingerprint density at radius 2 is 2.03 bits per heavy atom. The smallest absolute Gasteiger partial charge is 0.313 e. The maximum absolute atomic E-state index is 17.3. The number of carbonyl (C=O) groups excluding carboxylic acids is 3. The van der Waals surface area contributed by atoms with Crippen molar-refractivity contribution in [1.82, 2.24) is 0 Å². The van der Waals surface area contributed by atoms with E-state index in [2.05, 4.69) is 0 Å². The number of alkyl halides is 1. The lowest BCUT2D eigenvalue weighted by molar-refractivity contribution is -0.235. The highest BCUT2D eigenvalue weighted by atomic mass is 19.1. The van der Waals surface area contributed by atoms with Gasteiger partial charge in [-0.1, -0.05) is 18.6 Å². The van der Waals surface area contributed by atoms with Crippen molar-refractivity contribution in [3.05, 3.63) is 23.8 Å². The average molecular weight is 493 g/mol. The number of esters is 1. The molecule has 5 rings (SSSR count). The van der Waals surface area contributed by atoms with E-state index >= 15 is 4.39 Å². The molecule has 0 bridgehead atoms. The highest BCUT2D eigenvalue weighted by molar-refractivity contribution is 6.01. The Labute approximate surface area is 203 Å². The second-order valence-corrected chi connectivity index (χ2v) is 11.2. The van der Waals surface area contributed by atoms with E-state index in [4.69, 9.17) is 14.2 Å². The van der Waals surface area contributed by atoms with E-state index in [0.29, 0.717) is 18.4 Å². The minimum Gasteiger partial charge on any atom is -0.469 e. The van der Waals surface area contributed by atoms with Crippen LogP contribution < -0.4 is 0 Å². The SMILES string of the molecule is COC(=O)C(C)C1OC2C[C@H]3[C@@H]4CCC5=CC(=O)C=C[C@]5(C)[C@@]4(F)[C@@H](O)C[C@]3(C)[C@]2(C(=O)CO)O1. The van der Waals surface area contributed by atoms with Crippen LogP contribution in [0.1, 0.15) is 46.5 Å². The third-order valence-electron chi connectivity index (χ3n) is 9.94. The van der Waals surface area contributed by atoms with Crippen LogP contribution in [0.4, 0.5) is 4.39 Å². The Morgan fingerprint density at radius 1 is 1.31 bits per heavy atom. The van der Waals surface area contributed by atoms with E-state index < -0.39 is 76.7 Å². The molecule has 3 saturated carbocycles. The first-order valence-corrected chi connectivity index (χ1v) is 12.3. The number of ketones is 2. The minimum absolute atomic E-state index is 0.0970. The van der Waals surface area contributed by atoms with Crippen molar-refractivity contribution in [2.45, 2.75) is 76.2 Å². The molecule has 8 nitrogen and oxygen atoms in total. The van der Waals surface area contributed by atoms with Crippen LogP contribution in [0.15, 0.2) is 23.8 Å². The fourth-order valence-corrected chi connectivity index (χ4v) is 8.12. The summed E-state index contributed by atoms with van der Waals surface area (Å²) in [5.41, 5.74) is -5.21. The van der Waals surface area contributed by atoms with E-state index in [0.717, 1.165) is 0 Å². The first-order valence-electron chi connectivity index (χ1n) is 12.3. The van der Waals surface area contributed by atoms with Crippen LogP contribution in [-0.4, -0.2) is 71.2 Å². The van der Waals surface area contributed by atoms with Crippen molar-refractivity contribution in [2.75, 3.05) is 13.7 Å². The summed E-state index contributed by atoms with van der Waals surface area (Å²) in [5.74, 6) is -3.20. The second-order valence-electron chi connectivity index (χ2n) is 11.2. The summed E-state index contributed by atoms with van der Waals surface area (Å²) in [5, 5.41) is 21.4. The highest BCUT2D eigenvalue weighted by Gasteiger charge is 2.79. The van der Waals surface area contributed by atoms with Gasteiger partial charge in [-0.15, -0.1) is 0 Å². The third kappa shape index (κ3) is 2.84. The summed E-state index contributed by atoms with van der Waals surface area (Å²) in [6.07, 6.45) is 2.16. The van der Waals surface area contributed by atoms with Crippen molar-refractivity contribution in [3.63, 3.8) is 0 Å². The van der Waals surface area contributed by atoms with Crippen molar-refractivity contribution in [3.8, 4) is 0 Å². The summed E-state index contributed by atoms with van der Waals surface area (Å²) in [6, 6.07) is 0. The van der Waals surface area contributed by atoms with Gasteiger partial charge in [0, 0.05) is 16.7 Å². The van der Waals surface area contributed by atoms with Crippen molar-refractivity contribution in [2.24, 2.45) is 28.6 Å². The molecule has 0 aromatic heterocycles. The fourth-order valence-electron chi connectivity index (χ4n) is 8.12. The molecular weight excluding hydrogens is 459 g/mol. The van der Waals surface area contributed by atoms with Gasteiger partial charge in [0.15, 0.2) is 29.1 Å². The summed E-state index contributed by atoms with van der Waals surface area (Å²) in [7, 11) is 1.25. The number of rotatable bonds is 4. The lowest BCUT2D eigenvalue weighted by Gasteiger charge is -2.62. The normalized spacial score (nSPS) is 48.8. The number of carbonyl (C=O) groups is 3. The van der Waals surface area contributed by atoms with Crippen LogP contribution in [0, 0.1) is 28.6 Å². The van der Waals surface area contributed by atoms with E-state index in [1.807, 2.05) is 0 Å². The molecule has 1 saturated heterocycles. The lowest BCUT2D eigenvalue weighted by atomic mass is 9.44. The van der Waals surface area contributed by atoms with Crippen LogP contribution in [0.5, 0.6) is 0 Å². The number of hydrogen-bond donors (Lipinski definition) is 2. The second kappa shape index (κ2) is 7.78. The zero-order chi connectivity index (χ0) is 25.6. The molecule has 4 fully saturated rings. The van der Waals surface area contributed by atoms with Crippen molar-refractivity contribution >= 4 is 17.5 Å². The predicted octanol–water partition coefficient (Wildman–Crippen LogP) is 1.82. The summed E-state index contributed by atoms with van der Waals surface area (Å²) in [6.45, 7) is 4.30. The summed E-state index contributed by atoms with van der Waals surface area (Å²) in [4.78, 5) is 37.5. The van der Waals surface area contributed by atoms with Gasteiger partial charge in [0.25, 0.3) is 0 Å². The molecule has 0 amide bonds. The van der Waals surface area contributed by atoms with E-state index in [9.17, 15) is 24.6 Å². The van der Waals surface area contributed by atoms with Gasteiger partial charge in [-0.05, 0) is 57.6 Å². The van der Waals surface area contributed by atoms with E-state index in [1.54, 1.807) is 26.8 Å². The monoisotopic (exact) mass is 492 g/mol. The quantitative estimate of drug-likeness (QED) is 0.571. The minimum atomic E-state index is -2.06. The number of methoxy groups -OCH3 is 1. The zero-order valence-electron chi connectivity index (χ0n) is 20.5. The molecule has 9 heteroatoms. The van der Waals surface area contributed by atoms with Gasteiger partial charge in [0.05, 0.1) is 19.3 Å². The molecule has 192 valence electrons. The van der Waals surface area contributed by atoms with Crippen LogP contribution in [0.2, 0.25) is 0 Å². The van der Waals surface area contributed by atoms with Gasteiger partial charge in [-0.2, -0.15) is 0 Å². The first kappa shape index (κ1) is 24.7. The lowest BCUT2D eigenvalue weighted by Crippen LogP contribution is -2.69. The highest BCUT2D eigenvalue weighted by Crippen LogP contribution is 2.71. The Balaban J connectivity index is 1.57. The molecule has 1 aliphatic heterocycles. The van der Waals surface area contributed by atoms with Crippen LogP contribution in [0.25, 0.3) is 0 Å². The van der Waals surface area contributed by atoms with Gasteiger partial charge in [0.1, 0.15) is 12.5 Å². The topological polar surface area (TPSA) is 119 Å². The maximum Gasteiger partial charge on any atom is 0.313 e. The molecular formula is C26H33FO8. The van der Waals surface area contributed by atoms with Crippen molar-refractivity contribution in [1.29, 1.82) is 0 Å². The van der Waals surface area contributed by atoms with Gasteiger partial charge in [0.2, 0.25) is 0 Å². The number of aliphatic hydroxyl groups excluding tert-OH is 2. The maximum atomic E-state index is 17.3.